The summed E-state index contributed by atoms with van der Waals surface area (Å²) in [4.78, 5) is 2.49. The lowest BCUT2D eigenvalue weighted by atomic mass is 9.86. The van der Waals surface area contributed by atoms with Gasteiger partial charge < -0.3 is 15.4 Å². The van der Waals surface area contributed by atoms with Gasteiger partial charge in [-0.3, -0.25) is 0 Å². The van der Waals surface area contributed by atoms with E-state index in [-0.39, 0.29) is 5.41 Å². The van der Waals surface area contributed by atoms with Crippen LogP contribution >= 0.6 is 0 Å². The van der Waals surface area contributed by atoms with Crippen molar-refractivity contribution in [3.63, 3.8) is 0 Å². The van der Waals surface area contributed by atoms with Crippen LogP contribution in [0.2, 0.25) is 0 Å². The van der Waals surface area contributed by atoms with E-state index in [1.54, 1.807) is 0 Å². The first kappa shape index (κ1) is 11.4. The maximum absolute atomic E-state index is 5.90. The predicted molar refractivity (Wildman–Crippen MR) is 61.7 cm³/mol. The third kappa shape index (κ3) is 2.52. The second-order valence-electron chi connectivity index (χ2n) is 5.50. The molecule has 0 radical (unpaired) electrons. The Balaban J connectivity index is 1.87. The van der Waals surface area contributed by atoms with Gasteiger partial charge in [0.2, 0.25) is 0 Å². The summed E-state index contributed by atoms with van der Waals surface area (Å²) < 4.78 is 5.50. The topological polar surface area (TPSA) is 38.5 Å². The maximum atomic E-state index is 5.90. The first-order valence-electron chi connectivity index (χ1n) is 6.15. The predicted octanol–water partition coefficient (Wildman–Crippen LogP) is 1.08. The van der Waals surface area contributed by atoms with Gasteiger partial charge in [-0.2, -0.15) is 0 Å². The van der Waals surface area contributed by atoms with Crippen molar-refractivity contribution in [3.05, 3.63) is 0 Å². The van der Waals surface area contributed by atoms with E-state index in [1.807, 2.05) is 0 Å². The highest BCUT2D eigenvalue weighted by Gasteiger charge is 2.38. The summed E-state index contributed by atoms with van der Waals surface area (Å²) in [6.45, 7) is 5.95. The minimum Gasteiger partial charge on any atom is -0.381 e. The van der Waals surface area contributed by atoms with Crippen LogP contribution in [0.1, 0.15) is 26.2 Å². The van der Waals surface area contributed by atoms with E-state index in [0.717, 1.165) is 38.6 Å². The van der Waals surface area contributed by atoms with E-state index in [2.05, 4.69) is 18.9 Å². The van der Waals surface area contributed by atoms with Crippen molar-refractivity contribution in [1.82, 2.24) is 4.90 Å². The Hall–Kier alpha value is -0.120. The molecule has 3 heteroatoms. The van der Waals surface area contributed by atoms with Crippen molar-refractivity contribution in [1.29, 1.82) is 0 Å². The number of nitrogens with two attached hydrogens (primary N) is 1. The van der Waals surface area contributed by atoms with E-state index >= 15 is 0 Å². The van der Waals surface area contributed by atoms with Gasteiger partial charge in [-0.15, -0.1) is 0 Å². The minimum atomic E-state index is 0.234. The highest BCUT2D eigenvalue weighted by atomic mass is 16.5. The molecule has 1 saturated carbocycles. The lowest BCUT2D eigenvalue weighted by molar-refractivity contribution is 0.105. The fraction of sp³-hybridized carbons (Fsp3) is 1.00. The quantitative estimate of drug-likeness (QED) is 0.741. The molecule has 1 aliphatic carbocycles. The molecule has 1 heterocycles. The van der Waals surface area contributed by atoms with E-state index in [1.165, 1.54) is 12.8 Å². The first-order chi connectivity index (χ1) is 7.17. The van der Waals surface area contributed by atoms with Crippen LogP contribution in [-0.4, -0.2) is 44.3 Å². The average molecular weight is 212 g/mol. The van der Waals surface area contributed by atoms with Crippen molar-refractivity contribution in [2.75, 3.05) is 33.4 Å². The molecule has 1 saturated heterocycles. The molecule has 2 N–H and O–H groups in total. The van der Waals surface area contributed by atoms with Crippen molar-refractivity contribution in [2.45, 2.75) is 32.2 Å². The van der Waals surface area contributed by atoms with E-state index in [0.29, 0.717) is 6.04 Å². The molecule has 2 rings (SSSR count). The molecule has 0 amide bonds. The van der Waals surface area contributed by atoms with Crippen LogP contribution in [0, 0.1) is 11.3 Å². The van der Waals surface area contributed by atoms with Crippen molar-refractivity contribution in [3.8, 4) is 0 Å². The second-order valence-corrected chi connectivity index (χ2v) is 5.50. The van der Waals surface area contributed by atoms with Crippen LogP contribution in [0.5, 0.6) is 0 Å². The highest BCUT2D eigenvalue weighted by Crippen LogP contribution is 2.36. The van der Waals surface area contributed by atoms with Crippen molar-refractivity contribution < 1.29 is 4.74 Å². The van der Waals surface area contributed by atoms with Gasteiger partial charge in [-0.25, -0.2) is 0 Å². The van der Waals surface area contributed by atoms with E-state index in [9.17, 15) is 0 Å². The van der Waals surface area contributed by atoms with Gasteiger partial charge >= 0.3 is 0 Å². The van der Waals surface area contributed by atoms with Gasteiger partial charge in [0.1, 0.15) is 0 Å². The molecule has 0 aromatic heterocycles. The van der Waals surface area contributed by atoms with Gasteiger partial charge in [0.05, 0.1) is 6.61 Å². The molecule has 2 unspecified atom stereocenters. The zero-order valence-corrected chi connectivity index (χ0v) is 10.0. The van der Waals surface area contributed by atoms with Crippen LogP contribution in [0.15, 0.2) is 0 Å². The number of nitrogens with zero attached hydrogens (tertiary/aromatic N) is 1. The zero-order valence-electron chi connectivity index (χ0n) is 10.0. The number of hydrogen-bond donors (Lipinski definition) is 1. The standard InChI is InChI=1S/C12H24N2O/c1-10(11-3-4-11)14(2)8-12(7-13)5-6-15-9-12/h10-11H,3-9,13H2,1-2H3. The molecule has 0 aromatic rings. The molecular formula is C12H24N2O. The molecular weight excluding hydrogens is 188 g/mol. The SMILES string of the molecule is CC(C1CC1)N(C)CC1(CN)CCOC1. The van der Waals surface area contributed by atoms with Gasteiger partial charge in [0.25, 0.3) is 0 Å². The van der Waals surface area contributed by atoms with Crippen molar-refractivity contribution >= 4 is 0 Å². The van der Waals surface area contributed by atoms with Gasteiger partial charge in [-0.1, -0.05) is 0 Å². The molecule has 88 valence electrons. The number of hydrogen-bond acceptors (Lipinski definition) is 3. The molecule has 0 spiro atoms. The second kappa shape index (κ2) is 4.40. The fourth-order valence-electron chi connectivity index (χ4n) is 2.61. The molecule has 2 fully saturated rings. The zero-order chi connectivity index (χ0) is 10.9. The Kier molecular flexibility index (Phi) is 3.33. The Morgan fingerprint density at radius 1 is 1.53 bits per heavy atom. The lowest BCUT2D eigenvalue weighted by Crippen LogP contribution is -2.45. The van der Waals surface area contributed by atoms with Crippen molar-refractivity contribution in [2.24, 2.45) is 17.1 Å². The summed E-state index contributed by atoms with van der Waals surface area (Å²) in [5, 5.41) is 0. The Labute approximate surface area is 93.0 Å². The molecule has 0 aromatic carbocycles. The van der Waals surface area contributed by atoms with E-state index in [4.69, 9.17) is 10.5 Å². The smallest absolute Gasteiger partial charge is 0.0547 e. The largest absolute Gasteiger partial charge is 0.381 e. The Morgan fingerprint density at radius 2 is 2.27 bits per heavy atom. The van der Waals surface area contributed by atoms with Crippen LogP contribution in [0.3, 0.4) is 0 Å². The normalized spacial score (nSPS) is 33.6. The van der Waals surface area contributed by atoms with Gasteiger partial charge in [0.15, 0.2) is 0 Å². The Bertz CT molecular complexity index is 210. The van der Waals surface area contributed by atoms with Crippen LogP contribution in [0.4, 0.5) is 0 Å². The molecule has 3 nitrogen and oxygen atoms in total. The third-order valence-electron chi connectivity index (χ3n) is 4.20. The monoisotopic (exact) mass is 212 g/mol. The summed E-state index contributed by atoms with van der Waals surface area (Å²) in [6, 6.07) is 0.717. The van der Waals surface area contributed by atoms with Crippen LogP contribution in [-0.2, 0) is 4.74 Å². The summed E-state index contributed by atoms with van der Waals surface area (Å²) in [7, 11) is 2.23. The lowest BCUT2D eigenvalue weighted by Gasteiger charge is -2.34. The average Bonchev–Trinajstić information content (AvgIpc) is 2.99. The molecule has 1 aliphatic heterocycles. The van der Waals surface area contributed by atoms with Crippen LogP contribution < -0.4 is 5.73 Å². The highest BCUT2D eigenvalue weighted by molar-refractivity contribution is 4.91. The molecule has 0 bridgehead atoms. The third-order valence-corrected chi connectivity index (χ3v) is 4.20. The van der Waals surface area contributed by atoms with Crippen LogP contribution in [0.25, 0.3) is 0 Å². The van der Waals surface area contributed by atoms with Gasteiger partial charge in [0, 0.05) is 31.2 Å². The number of ether oxygens (including phenoxy) is 1. The maximum Gasteiger partial charge on any atom is 0.0547 e. The minimum absolute atomic E-state index is 0.234. The summed E-state index contributed by atoms with van der Waals surface area (Å²) >= 11 is 0. The Morgan fingerprint density at radius 3 is 2.73 bits per heavy atom. The van der Waals surface area contributed by atoms with Gasteiger partial charge in [-0.05, 0) is 39.2 Å². The fourth-order valence-corrected chi connectivity index (χ4v) is 2.61. The molecule has 2 aliphatic rings. The summed E-state index contributed by atoms with van der Waals surface area (Å²) in [5.41, 5.74) is 6.14. The molecule has 15 heavy (non-hydrogen) atoms. The summed E-state index contributed by atoms with van der Waals surface area (Å²) in [6.07, 6.45) is 3.96. The van der Waals surface area contributed by atoms with E-state index < -0.39 is 0 Å². The first-order valence-corrected chi connectivity index (χ1v) is 6.15. The summed E-state index contributed by atoms with van der Waals surface area (Å²) in [5.74, 6) is 0.937. The molecule has 2 atom stereocenters. The number of rotatable bonds is 5.